The molecule has 3 heterocycles. The number of fused-ring (bicyclic) bond motifs is 7. The summed E-state index contributed by atoms with van der Waals surface area (Å²) in [7, 11) is 0. The molecule has 158 valence electrons. The molecule has 0 amide bonds. The number of nitriles is 1. The minimum Gasteiger partial charge on any atom is -0.455 e. The summed E-state index contributed by atoms with van der Waals surface area (Å²) in [6.07, 6.45) is 0. The Morgan fingerprint density at radius 1 is 0.676 bits per heavy atom. The normalized spacial score (nSPS) is 11.5. The first kappa shape index (κ1) is 18.7. The molecule has 0 N–H and O–H groups in total. The lowest BCUT2D eigenvalue weighted by Crippen LogP contribution is -1.98. The maximum Gasteiger partial charge on any atom is 0.145 e. The lowest BCUT2D eigenvalue weighted by Gasteiger charge is -2.13. The van der Waals surface area contributed by atoms with Gasteiger partial charge in [-0.2, -0.15) is 5.26 Å². The van der Waals surface area contributed by atoms with Crippen LogP contribution in [0.1, 0.15) is 5.69 Å². The first-order valence-corrected chi connectivity index (χ1v) is 11.1. The van der Waals surface area contributed by atoms with Crippen LogP contribution in [0.4, 0.5) is 0 Å². The maximum atomic E-state index is 9.38. The second-order valence-corrected chi connectivity index (χ2v) is 8.32. The van der Waals surface area contributed by atoms with Crippen LogP contribution in [0.3, 0.4) is 0 Å². The van der Waals surface area contributed by atoms with Crippen molar-refractivity contribution >= 4 is 43.7 Å². The van der Waals surface area contributed by atoms with Gasteiger partial charge in [-0.3, -0.25) is 0 Å². The van der Waals surface area contributed by atoms with Gasteiger partial charge in [0, 0.05) is 21.7 Å². The van der Waals surface area contributed by atoms with Crippen LogP contribution < -0.4 is 0 Å². The van der Waals surface area contributed by atoms with Crippen molar-refractivity contribution in [1.82, 2.24) is 9.55 Å². The summed E-state index contributed by atoms with van der Waals surface area (Å²) in [5, 5.41) is 13.8. The van der Waals surface area contributed by atoms with Gasteiger partial charge in [-0.25, -0.2) is 4.98 Å². The van der Waals surface area contributed by atoms with Crippen molar-refractivity contribution in [2.75, 3.05) is 0 Å². The molecule has 0 aliphatic heterocycles. The molecule has 4 nitrogen and oxygen atoms in total. The monoisotopic (exact) mass is 435 g/mol. The Bertz CT molecular complexity index is 1930. The Hall–Kier alpha value is -4.88. The average Bonchev–Trinajstić information content (AvgIpc) is 3.44. The van der Waals surface area contributed by atoms with Gasteiger partial charge in [0.2, 0.25) is 0 Å². The van der Waals surface area contributed by atoms with Crippen molar-refractivity contribution < 1.29 is 4.42 Å². The van der Waals surface area contributed by atoms with Gasteiger partial charge in [-0.1, -0.05) is 60.7 Å². The zero-order valence-corrected chi connectivity index (χ0v) is 18.1. The largest absolute Gasteiger partial charge is 0.455 e. The molecule has 0 saturated carbocycles. The van der Waals surface area contributed by atoms with Gasteiger partial charge in [-0.15, -0.1) is 0 Å². The van der Waals surface area contributed by atoms with Crippen LogP contribution in [0.2, 0.25) is 0 Å². The molecule has 0 fully saturated rings. The number of hydrogen-bond donors (Lipinski definition) is 0. The molecule has 0 aliphatic carbocycles. The zero-order valence-electron chi connectivity index (χ0n) is 18.1. The van der Waals surface area contributed by atoms with Crippen LogP contribution in [0.5, 0.6) is 0 Å². The van der Waals surface area contributed by atoms with E-state index < -0.39 is 0 Å². The van der Waals surface area contributed by atoms with E-state index in [0.717, 1.165) is 60.7 Å². The lowest BCUT2D eigenvalue weighted by molar-refractivity contribution is 0.673. The Balaban J connectivity index is 1.63. The van der Waals surface area contributed by atoms with Gasteiger partial charge in [0.25, 0.3) is 0 Å². The van der Waals surface area contributed by atoms with Crippen LogP contribution in [0.15, 0.2) is 108 Å². The quantitative estimate of drug-likeness (QED) is 0.281. The van der Waals surface area contributed by atoms with Crippen LogP contribution >= 0.6 is 0 Å². The minimum atomic E-state index is 0.401. The van der Waals surface area contributed by atoms with E-state index in [0.29, 0.717) is 5.69 Å². The van der Waals surface area contributed by atoms with Gasteiger partial charge in [0.1, 0.15) is 22.9 Å². The van der Waals surface area contributed by atoms with Crippen molar-refractivity contribution in [1.29, 1.82) is 5.26 Å². The van der Waals surface area contributed by atoms with Crippen LogP contribution in [-0.4, -0.2) is 9.55 Å². The lowest BCUT2D eigenvalue weighted by atomic mass is 10.1. The van der Waals surface area contributed by atoms with Gasteiger partial charge in [-0.05, 0) is 42.5 Å². The number of rotatable bonds is 2. The van der Waals surface area contributed by atoms with E-state index in [1.54, 1.807) is 6.07 Å². The predicted molar refractivity (Wildman–Crippen MR) is 136 cm³/mol. The summed E-state index contributed by atoms with van der Waals surface area (Å²) in [5.41, 5.74) is 7.09. The number of hydrogen-bond acceptors (Lipinski definition) is 3. The molecule has 4 heteroatoms. The fraction of sp³-hybridized carbons (Fsp3) is 0. The minimum absolute atomic E-state index is 0.401. The van der Waals surface area contributed by atoms with Gasteiger partial charge >= 0.3 is 0 Å². The Kier molecular flexibility index (Phi) is 3.88. The van der Waals surface area contributed by atoms with E-state index in [4.69, 9.17) is 4.42 Å². The SMILES string of the molecule is N#Cc1cccc(-c2ccccc2-n2c3ccccc3c3c4oc5ccccc5c4ccc32)n1. The molecule has 0 unspecified atom stereocenters. The van der Waals surface area contributed by atoms with E-state index in [9.17, 15) is 5.26 Å². The number of para-hydroxylation sites is 3. The van der Waals surface area contributed by atoms with Crippen LogP contribution in [-0.2, 0) is 0 Å². The number of aromatic nitrogens is 2. The molecular formula is C30H17N3O. The van der Waals surface area contributed by atoms with E-state index in [2.05, 4.69) is 70.2 Å². The Morgan fingerprint density at radius 2 is 1.47 bits per heavy atom. The summed E-state index contributed by atoms with van der Waals surface area (Å²) in [6.45, 7) is 0. The molecule has 0 radical (unpaired) electrons. The predicted octanol–water partition coefficient (Wildman–Crippen LogP) is 7.62. The standard InChI is InChI=1S/C30H17N3O/c31-18-19-8-7-12-24(32-19)22-10-1-4-13-25(22)33-26-14-5-2-11-23(26)29-27(33)17-16-21-20-9-3-6-15-28(20)34-30(21)29/h1-17H. The Labute approximate surface area is 194 Å². The first-order chi connectivity index (χ1) is 16.8. The highest BCUT2D eigenvalue weighted by Gasteiger charge is 2.20. The van der Waals surface area contributed by atoms with Crippen molar-refractivity contribution in [3.63, 3.8) is 0 Å². The summed E-state index contributed by atoms with van der Waals surface area (Å²) in [6, 6.07) is 36.8. The number of furan rings is 1. The third-order valence-electron chi connectivity index (χ3n) is 6.46. The molecule has 0 aliphatic rings. The second-order valence-electron chi connectivity index (χ2n) is 8.32. The summed E-state index contributed by atoms with van der Waals surface area (Å²) >= 11 is 0. The highest BCUT2D eigenvalue weighted by atomic mass is 16.3. The third kappa shape index (κ3) is 2.55. The molecule has 0 spiro atoms. The molecular weight excluding hydrogens is 418 g/mol. The van der Waals surface area contributed by atoms with Gasteiger partial charge in [0.05, 0.1) is 27.8 Å². The molecule has 7 aromatic rings. The van der Waals surface area contributed by atoms with Crippen LogP contribution in [0, 0.1) is 11.3 Å². The van der Waals surface area contributed by atoms with E-state index in [1.165, 1.54) is 0 Å². The van der Waals surface area contributed by atoms with Crippen molar-refractivity contribution in [2.45, 2.75) is 0 Å². The highest BCUT2D eigenvalue weighted by molar-refractivity contribution is 6.23. The fourth-order valence-electron chi connectivity index (χ4n) is 5.03. The Morgan fingerprint density at radius 3 is 2.38 bits per heavy atom. The summed E-state index contributed by atoms with van der Waals surface area (Å²) in [5.74, 6) is 0. The number of benzene rings is 4. The van der Waals surface area contributed by atoms with Crippen molar-refractivity contribution in [3.05, 3.63) is 109 Å². The molecule has 0 saturated heterocycles. The maximum absolute atomic E-state index is 9.38. The molecule has 0 atom stereocenters. The highest BCUT2D eigenvalue weighted by Crippen LogP contribution is 2.41. The number of nitrogens with zero attached hydrogens (tertiary/aromatic N) is 3. The van der Waals surface area contributed by atoms with E-state index in [1.807, 2.05) is 42.5 Å². The first-order valence-electron chi connectivity index (χ1n) is 11.1. The average molecular weight is 435 g/mol. The van der Waals surface area contributed by atoms with Gasteiger partial charge in [0.15, 0.2) is 0 Å². The molecule has 3 aromatic heterocycles. The summed E-state index contributed by atoms with van der Waals surface area (Å²) in [4.78, 5) is 4.58. The molecule has 0 bridgehead atoms. The van der Waals surface area contributed by atoms with Crippen molar-refractivity contribution in [2.24, 2.45) is 0 Å². The smallest absolute Gasteiger partial charge is 0.145 e. The van der Waals surface area contributed by atoms with E-state index in [-0.39, 0.29) is 0 Å². The van der Waals surface area contributed by atoms with E-state index >= 15 is 0 Å². The third-order valence-corrected chi connectivity index (χ3v) is 6.46. The topological polar surface area (TPSA) is 54.8 Å². The zero-order chi connectivity index (χ0) is 22.6. The summed E-state index contributed by atoms with van der Waals surface area (Å²) < 4.78 is 8.68. The second kappa shape index (κ2) is 7.06. The van der Waals surface area contributed by atoms with Crippen LogP contribution in [0.25, 0.3) is 60.7 Å². The molecule has 4 aromatic carbocycles. The molecule has 7 rings (SSSR count). The molecule has 34 heavy (non-hydrogen) atoms. The van der Waals surface area contributed by atoms with Gasteiger partial charge < -0.3 is 8.98 Å². The fourth-order valence-corrected chi connectivity index (χ4v) is 5.03. The van der Waals surface area contributed by atoms with Crippen molar-refractivity contribution in [3.8, 4) is 23.0 Å². The number of pyridine rings is 1.